The van der Waals surface area contributed by atoms with E-state index in [1.165, 1.54) is 23.1 Å². The Balaban J connectivity index is 1.81. The number of nitrogens with zero attached hydrogens (tertiary/aromatic N) is 1. The summed E-state index contributed by atoms with van der Waals surface area (Å²) >= 11 is 0. The summed E-state index contributed by atoms with van der Waals surface area (Å²) in [5.74, 6) is -1.34. The first-order valence-electron chi connectivity index (χ1n) is 8.81. The lowest BCUT2D eigenvalue weighted by molar-refractivity contribution is -0.150. The highest BCUT2D eigenvalue weighted by Crippen LogP contribution is 2.38. The zero-order chi connectivity index (χ0) is 19.1. The van der Waals surface area contributed by atoms with E-state index in [0.29, 0.717) is 13.0 Å². The van der Waals surface area contributed by atoms with Gasteiger partial charge in [-0.25, -0.2) is 13.1 Å². The third kappa shape index (κ3) is 3.48. The standard InChI is InChI=1S/C18H24N2O5S/c1-12(2)18(17(22)23)8-9-20(11-18)16(21)13-4-3-5-15(10-13)26(24,25)19-14-6-7-14/h3-5,10,12,14,19H,6-9,11H2,1-2H3,(H,22,23). The molecule has 2 fully saturated rings. The Labute approximate surface area is 153 Å². The molecule has 1 saturated carbocycles. The number of carboxylic acids is 1. The normalized spacial score (nSPS) is 23.4. The number of hydrogen-bond acceptors (Lipinski definition) is 4. The summed E-state index contributed by atoms with van der Waals surface area (Å²) in [5, 5.41) is 9.62. The maximum atomic E-state index is 12.8. The topological polar surface area (TPSA) is 104 Å². The third-order valence-electron chi connectivity index (χ3n) is 5.41. The second-order valence-corrected chi connectivity index (χ2v) is 9.23. The van der Waals surface area contributed by atoms with Gasteiger partial charge >= 0.3 is 5.97 Å². The Morgan fingerprint density at radius 2 is 2.00 bits per heavy atom. The van der Waals surface area contributed by atoms with Crippen LogP contribution in [0.4, 0.5) is 0 Å². The molecule has 142 valence electrons. The fraction of sp³-hybridized carbons (Fsp3) is 0.556. The van der Waals surface area contributed by atoms with Crippen molar-refractivity contribution in [1.82, 2.24) is 9.62 Å². The van der Waals surface area contributed by atoms with Gasteiger partial charge in [0.15, 0.2) is 0 Å². The number of amides is 1. The van der Waals surface area contributed by atoms with E-state index in [2.05, 4.69) is 4.72 Å². The van der Waals surface area contributed by atoms with Gasteiger partial charge in [-0.3, -0.25) is 9.59 Å². The van der Waals surface area contributed by atoms with Crippen LogP contribution < -0.4 is 4.72 Å². The lowest BCUT2D eigenvalue weighted by atomic mass is 9.76. The molecule has 1 heterocycles. The summed E-state index contributed by atoms with van der Waals surface area (Å²) in [6, 6.07) is 5.91. The van der Waals surface area contributed by atoms with Gasteiger partial charge in [-0.2, -0.15) is 0 Å². The van der Waals surface area contributed by atoms with Crippen molar-refractivity contribution in [2.75, 3.05) is 13.1 Å². The van der Waals surface area contributed by atoms with Gasteiger partial charge in [0.1, 0.15) is 0 Å². The maximum Gasteiger partial charge on any atom is 0.311 e. The molecule has 1 saturated heterocycles. The van der Waals surface area contributed by atoms with Crippen molar-refractivity contribution >= 4 is 21.9 Å². The first-order valence-corrected chi connectivity index (χ1v) is 10.3. The number of hydrogen-bond donors (Lipinski definition) is 2. The van der Waals surface area contributed by atoms with Crippen LogP contribution in [0.25, 0.3) is 0 Å². The first kappa shape index (κ1) is 18.8. The van der Waals surface area contributed by atoms with E-state index in [-0.39, 0.29) is 34.9 Å². The number of aliphatic carboxylic acids is 1. The molecule has 1 unspecified atom stereocenters. The molecule has 1 aliphatic carbocycles. The van der Waals surface area contributed by atoms with Gasteiger partial charge in [0.2, 0.25) is 10.0 Å². The summed E-state index contributed by atoms with van der Waals surface area (Å²) in [4.78, 5) is 26.1. The monoisotopic (exact) mass is 380 g/mol. The Morgan fingerprint density at radius 3 is 2.54 bits per heavy atom. The number of rotatable bonds is 6. The van der Waals surface area contributed by atoms with Gasteiger partial charge in [-0.15, -0.1) is 0 Å². The van der Waals surface area contributed by atoms with Gasteiger partial charge < -0.3 is 10.0 Å². The highest BCUT2D eigenvalue weighted by Gasteiger charge is 2.48. The average molecular weight is 380 g/mol. The quantitative estimate of drug-likeness (QED) is 0.782. The van der Waals surface area contributed by atoms with Crippen molar-refractivity contribution in [1.29, 1.82) is 0 Å². The summed E-state index contributed by atoms with van der Waals surface area (Å²) in [7, 11) is -3.64. The molecule has 26 heavy (non-hydrogen) atoms. The van der Waals surface area contributed by atoms with Crippen LogP contribution in [-0.4, -0.2) is 49.4 Å². The van der Waals surface area contributed by atoms with Gasteiger partial charge in [0.25, 0.3) is 5.91 Å². The van der Waals surface area contributed by atoms with E-state index in [1.807, 2.05) is 13.8 Å². The molecule has 1 aromatic carbocycles. The second-order valence-electron chi connectivity index (χ2n) is 7.52. The highest BCUT2D eigenvalue weighted by molar-refractivity contribution is 7.89. The number of carbonyl (C=O) groups is 2. The van der Waals surface area contributed by atoms with E-state index >= 15 is 0 Å². The van der Waals surface area contributed by atoms with Crippen molar-refractivity contribution in [2.45, 2.75) is 44.0 Å². The van der Waals surface area contributed by atoms with Crippen molar-refractivity contribution in [3.63, 3.8) is 0 Å². The molecule has 0 aromatic heterocycles. The predicted octanol–water partition coefficient (Wildman–Crippen LogP) is 1.70. The maximum absolute atomic E-state index is 12.8. The second kappa shape index (κ2) is 6.66. The number of carboxylic acid groups (broad SMARTS) is 1. The largest absolute Gasteiger partial charge is 0.481 e. The van der Waals surface area contributed by atoms with E-state index < -0.39 is 21.4 Å². The van der Waals surface area contributed by atoms with Crippen molar-refractivity contribution in [3.05, 3.63) is 29.8 Å². The van der Waals surface area contributed by atoms with Gasteiger partial charge in [0.05, 0.1) is 10.3 Å². The van der Waals surface area contributed by atoms with E-state index in [9.17, 15) is 23.1 Å². The molecule has 1 aromatic rings. The minimum Gasteiger partial charge on any atom is -0.481 e. The molecule has 0 spiro atoms. The SMILES string of the molecule is CC(C)C1(C(=O)O)CCN(C(=O)c2cccc(S(=O)(=O)NC3CC3)c2)C1. The van der Waals surface area contributed by atoms with E-state index in [4.69, 9.17) is 0 Å². The molecule has 0 radical (unpaired) electrons. The van der Waals surface area contributed by atoms with Crippen LogP contribution in [-0.2, 0) is 14.8 Å². The molecule has 1 amide bonds. The molecule has 8 heteroatoms. The van der Waals surface area contributed by atoms with Crippen molar-refractivity contribution in [2.24, 2.45) is 11.3 Å². The van der Waals surface area contributed by atoms with Crippen molar-refractivity contribution < 1.29 is 23.1 Å². The molecular weight excluding hydrogens is 356 g/mol. The number of benzene rings is 1. The third-order valence-corrected chi connectivity index (χ3v) is 6.93. The van der Waals surface area contributed by atoms with Crippen LogP contribution in [0.1, 0.15) is 43.5 Å². The highest BCUT2D eigenvalue weighted by atomic mass is 32.2. The minimum absolute atomic E-state index is 0.0137. The minimum atomic E-state index is -3.64. The van der Waals surface area contributed by atoms with Gasteiger partial charge in [-0.1, -0.05) is 19.9 Å². The molecule has 3 rings (SSSR count). The molecule has 2 N–H and O–H groups in total. The summed E-state index contributed by atoms with van der Waals surface area (Å²) in [6.45, 7) is 4.18. The number of sulfonamides is 1. The summed E-state index contributed by atoms with van der Waals surface area (Å²) in [5.41, 5.74) is -0.694. The van der Waals surface area contributed by atoms with Crippen LogP contribution in [0.15, 0.2) is 29.2 Å². The fourth-order valence-corrected chi connectivity index (χ4v) is 4.72. The van der Waals surface area contributed by atoms with Crippen LogP contribution in [0, 0.1) is 11.3 Å². The predicted molar refractivity (Wildman–Crippen MR) is 95.2 cm³/mol. The first-order chi connectivity index (χ1) is 12.2. The smallest absolute Gasteiger partial charge is 0.311 e. The lowest BCUT2D eigenvalue weighted by Gasteiger charge is -2.28. The molecule has 0 bridgehead atoms. The number of likely N-dealkylation sites (tertiary alicyclic amines) is 1. The fourth-order valence-electron chi connectivity index (χ4n) is 3.37. The van der Waals surface area contributed by atoms with Gasteiger partial charge in [0, 0.05) is 24.7 Å². The Morgan fingerprint density at radius 1 is 1.31 bits per heavy atom. The Hall–Kier alpha value is -1.93. The Kier molecular flexibility index (Phi) is 4.83. The van der Waals surface area contributed by atoms with E-state index in [0.717, 1.165) is 12.8 Å². The zero-order valence-corrected chi connectivity index (χ0v) is 15.8. The average Bonchev–Trinajstić information content (AvgIpc) is 3.26. The molecule has 1 aliphatic heterocycles. The lowest BCUT2D eigenvalue weighted by Crippen LogP contribution is -2.40. The molecule has 1 atom stereocenters. The van der Waals surface area contributed by atoms with Crippen LogP contribution in [0.2, 0.25) is 0 Å². The van der Waals surface area contributed by atoms with Crippen LogP contribution in [0.5, 0.6) is 0 Å². The van der Waals surface area contributed by atoms with E-state index in [1.54, 1.807) is 6.07 Å². The number of nitrogens with one attached hydrogen (secondary N) is 1. The van der Waals surface area contributed by atoms with Crippen LogP contribution >= 0.6 is 0 Å². The Bertz CT molecular complexity index is 832. The van der Waals surface area contributed by atoms with Crippen LogP contribution in [0.3, 0.4) is 0 Å². The number of carbonyl (C=O) groups excluding carboxylic acids is 1. The summed E-state index contributed by atoms with van der Waals surface area (Å²) in [6.07, 6.45) is 2.06. The molecular formula is C18H24N2O5S. The zero-order valence-electron chi connectivity index (χ0n) is 14.9. The molecule has 2 aliphatic rings. The summed E-state index contributed by atoms with van der Waals surface area (Å²) < 4.78 is 27.3. The van der Waals surface area contributed by atoms with Gasteiger partial charge in [-0.05, 0) is 43.4 Å². The van der Waals surface area contributed by atoms with Crippen molar-refractivity contribution in [3.8, 4) is 0 Å². The molecule has 7 nitrogen and oxygen atoms in total.